The minimum Gasteiger partial charge on any atom is -0.369 e. The standard InChI is InChI=1S/C17H21NO/c1-18-13-8-14-19-17(15-9-4-2-5-10-15)16-11-6-3-7-12-16/h2-7,9-12,17-18H,8,13-14H2,1H3. The van der Waals surface area contributed by atoms with E-state index in [4.69, 9.17) is 4.74 Å². The van der Waals surface area contributed by atoms with Crippen LogP contribution in [0.15, 0.2) is 60.7 Å². The number of hydrogen-bond acceptors (Lipinski definition) is 2. The molecule has 0 radical (unpaired) electrons. The third kappa shape index (κ3) is 4.19. The second-order valence-electron chi connectivity index (χ2n) is 4.53. The molecule has 0 atom stereocenters. The predicted molar refractivity (Wildman–Crippen MR) is 79.2 cm³/mol. The van der Waals surface area contributed by atoms with Crippen molar-refractivity contribution >= 4 is 0 Å². The van der Waals surface area contributed by atoms with Crippen LogP contribution in [0.3, 0.4) is 0 Å². The van der Waals surface area contributed by atoms with Gasteiger partial charge in [0.25, 0.3) is 0 Å². The van der Waals surface area contributed by atoms with Gasteiger partial charge in [0.15, 0.2) is 0 Å². The van der Waals surface area contributed by atoms with E-state index in [-0.39, 0.29) is 6.10 Å². The lowest BCUT2D eigenvalue weighted by atomic mass is 10.0. The van der Waals surface area contributed by atoms with Gasteiger partial charge in [-0.1, -0.05) is 60.7 Å². The van der Waals surface area contributed by atoms with Crippen molar-refractivity contribution in [1.29, 1.82) is 0 Å². The van der Waals surface area contributed by atoms with E-state index in [1.807, 2.05) is 19.2 Å². The van der Waals surface area contributed by atoms with Crippen molar-refractivity contribution in [2.24, 2.45) is 0 Å². The van der Waals surface area contributed by atoms with Crippen molar-refractivity contribution in [3.63, 3.8) is 0 Å². The molecule has 2 heteroatoms. The monoisotopic (exact) mass is 255 g/mol. The maximum Gasteiger partial charge on any atom is 0.108 e. The summed E-state index contributed by atoms with van der Waals surface area (Å²) in [6.07, 6.45) is 1.05. The molecule has 2 aromatic carbocycles. The molecule has 0 aromatic heterocycles. The van der Waals surface area contributed by atoms with Crippen molar-refractivity contribution in [2.45, 2.75) is 12.5 Å². The molecule has 0 saturated carbocycles. The van der Waals surface area contributed by atoms with Gasteiger partial charge in [0.1, 0.15) is 6.10 Å². The van der Waals surface area contributed by atoms with Gasteiger partial charge in [0, 0.05) is 6.61 Å². The van der Waals surface area contributed by atoms with Gasteiger partial charge in [0.2, 0.25) is 0 Å². The zero-order valence-corrected chi connectivity index (χ0v) is 11.4. The maximum atomic E-state index is 6.08. The summed E-state index contributed by atoms with van der Waals surface area (Å²) in [5.74, 6) is 0. The molecule has 2 aromatic rings. The zero-order chi connectivity index (χ0) is 13.3. The number of rotatable bonds is 7. The third-order valence-corrected chi connectivity index (χ3v) is 3.06. The van der Waals surface area contributed by atoms with Crippen molar-refractivity contribution in [2.75, 3.05) is 20.2 Å². The van der Waals surface area contributed by atoms with E-state index in [2.05, 4.69) is 53.8 Å². The van der Waals surface area contributed by atoms with Crippen LogP contribution in [0.25, 0.3) is 0 Å². The molecule has 100 valence electrons. The fourth-order valence-electron chi connectivity index (χ4n) is 2.09. The molecule has 0 fully saturated rings. The Balaban J connectivity index is 2.10. The van der Waals surface area contributed by atoms with Gasteiger partial charge in [-0.15, -0.1) is 0 Å². The van der Waals surface area contributed by atoms with Crippen LogP contribution in [0.4, 0.5) is 0 Å². The van der Waals surface area contributed by atoms with E-state index in [1.54, 1.807) is 0 Å². The van der Waals surface area contributed by atoms with Gasteiger partial charge in [-0.25, -0.2) is 0 Å². The first-order valence-corrected chi connectivity index (χ1v) is 6.78. The molecule has 0 amide bonds. The lowest BCUT2D eigenvalue weighted by Gasteiger charge is -2.19. The van der Waals surface area contributed by atoms with E-state index < -0.39 is 0 Å². The van der Waals surface area contributed by atoms with Gasteiger partial charge in [-0.2, -0.15) is 0 Å². The Kier molecular flexibility index (Phi) is 5.60. The van der Waals surface area contributed by atoms with E-state index in [0.717, 1.165) is 19.6 Å². The Bertz CT molecular complexity index is 416. The van der Waals surface area contributed by atoms with Crippen LogP contribution in [0.5, 0.6) is 0 Å². The summed E-state index contributed by atoms with van der Waals surface area (Å²) in [4.78, 5) is 0. The van der Waals surface area contributed by atoms with Crippen LogP contribution < -0.4 is 5.32 Å². The van der Waals surface area contributed by atoms with Crippen molar-refractivity contribution in [1.82, 2.24) is 5.32 Å². The molecule has 0 aliphatic heterocycles. The first kappa shape index (κ1) is 13.8. The van der Waals surface area contributed by atoms with Gasteiger partial charge >= 0.3 is 0 Å². The summed E-state index contributed by atoms with van der Waals surface area (Å²) in [6.45, 7) is 1.74. The minimum absolute atomic E-state index is 0.0271. The zero-order valence-electron chi connectivity index (χ0n) is 11.4. The molecule has 0 unspecified atom stereocenters. The first-order valence-electron chi connectivity index (χ1n) is 6.78. The second-order valence-corrected chi connectivity index (χ2v) is 4.53. The number of hydrogen-bond donors (Lipinski definition) is 1. The molecule has 0 bridgehead atoms. The lowest BCUT2D eigenvalue weighted by Crippen LogP contribution is -2.13. The number of benzene rings is 2. The SMILES string of the molecule is CNCCCOC(c1ccccc1)c1ccccc1. The molecule has 0 saturated heterocycles. The number of ether oxygens (including phenoxy) is 1. The molecular formula is C17H21NO. The molecule has 0 heterocycles. The molecular weight excluding hydrogens is 234 g/mol. The smallest absolute Gasteiger partial charge is 0.108 e. The average molecular weight is 255 g/mol. The summed E-state index contributed by atoms with van der Waals surface area (Å²) in [6, 6.07) is 20.8. The van der Waals surface area contributed by atoms with E-state index in [1.165, 1.54) is 11.1 Å². The summed E-state index contributed by atoms with van der Waals surface area (Å²) in [5, 5.41) is 3.14. The van der Waals surface area contributed by atoms with Gasteiger partial charge < -0.3 is 10.1 Å². The highest BCUT2D eigenvalue weighted by Crippen LogP contribution is 2.25. The maximum absolute atomic E-state index is 6.08. The Labute approximate surface area is 115 Å². The Morgan fingerprint density at radius 3 is 1.89 bits per heavy atom. The highest BCUT2D eigenvalue weighted by atomic mass is 16.5. The van der Waals surface area contributed by atoms with Gasteiger partial charge in [-0.05, 0) is 31.1 Å². The minimum atomic E-state index is 0.0271. The molecule has 2 nitrogen and oxygen atoms in total. The molecule has 2 rings (SSSR count). The summed E-state index contributed by atoms with van der Waals surface area (Å²) in [5.41, 5.74) is 2.41. The third-order valence-electron chi connectivity index (χ3n) is 3.06. The van der Waals surface area contributed by atoms with Crippen LogP contribution in [-0.4, -0.2) is 20.2 Å². The quantitative estimate of drug-likeness (QED) is 0.766. The van der Waals surface area contributed by atoms with E-state index in [0.29, 0.717) is 0 Å². The van der Waals surface area contributed by atoms with Crippen LogP contribution in [0.2, 0.25) is 0 Å². The second kappa shape index (κ2) is 7.72. The highest BCUT2D eigenvalue weighted by Gasteiger charge is 2.13. The van der Waals surface area contributed by atoms with Crippen LogP contribution in [0, 0.1) is 0 Å². The lowest BCUT2D eigenvalue weighted by molar-refractivity contribution is 0.0785. The van der Waals surface area contributed by atoms with Crippen LogP contribution in [0.1, 0.15) is 23.7 Å². The Morgan fingerprint density at radius 1 is 0.895 bits per heavy atom. The molecule has 1 N–H and O–H groups in total. The Morgan fingerprint density at radius 2 is 1.42 bits per heavy atom. The van der Waals surface area contributed by atoms with Crippen LogP contribution in [-0.2, 0) is 4.74 Å². The summed E-state index contributed by atoms with van der Waals surface area (Å²) in [7, 11) is 1.96. The summed E-state index contributed by atoms with van der Waals surface area (Å²) < 4.78 is 6.08. The predicted octanol–water partition coefficient (Wildman–Crippen LogP) is 3.40. The summed E-state index contributed by atoms with van der Waals surface area (Å²) >= 11 is 0. The highest BCUT2D eigenvalue weighted by molar-refractivity contribution is 5.29. The fourth-order valence-corrected chi connectivity index (χ4v) is 2.09. The fraction of sp³-hybridized carbons (Fsp3) is 0.294. The first-order chi connectivity index (χ1) is 9.42. The normalized spacial score (nSPS) is 10.8. The molecule has 0 spiro atoms. The van der Waals surface area contributed by atoms with Crippen molar-refractivity contribution < 1.29 is 4.74 Å². The van der Waals surface area contributed by atoms with Crippen molar-refractivity contribution in [3.8, 4) is 0 Å². The van der Waals surface area contributed by atoms with E-state index >= 15 is 0 Å². The molecule has 0 aliphatic rings. The largest absolute Gasteiger partial charge is 0.369 e. The molecule has 0 aliphatic carbocycles. The number of nitrogens with one attached hydrogen (secondary N) is 1. The molecule has 19 heavy (non-hydrogen) atoms. The van der Waals surface area contributed by atoms with Gasteiger partial charge in [-0.3, -0.25) is 0 Å². The average Bonchev–Trinajstić information content (AvgIpc) is 2.49. The van der Waals surface area contributed by atoms with Crippen LogP contribution >= 0.6 is 0 Å². The van der Waals surface area contributed by atoms with Crippen molar-refractivity contribution in [3.05, 3.63) is 71.8 Å². The van der Waals surface area contributed by atoms with E-state index in [9.17, 15) is 0 Å². The van der Waals surface area contributed by atoms with Gasteiger partial charge in [0.05, 0.1) is 0 Å². The Hall–Kier alpha value is -1.64. The topological polar surface area (TPSA) is 21.3 Å².